The van der Waals surface area contributed by atoms with Gasteiger partial charge >= 0.3 is 0 Å². The summed E-state index contributed by atoms with van der Waals surface area (Å²) in [5, 5.41) is 3.50. The first-order valence-corrected chi connectivity index (χ1v) is 7.88. The molecule has 0 aliphatic heterocycles. The molecule has 0 spiro atoms. The molecule has 0 saturated heterocycles. The molecule has 0 radical (unpaired) electrons. The minimum absolute atomic E-state index is 0.778. The van der Waals surface area contributed by atoms with E-state index in [1.54, 1.807) is 0 Å². The fourth-order valence-electron chi connectivity index (χ4n) is 2.62. The standard InChI is InChI=1S/C13H19Br2NO/c1-9-3-2-4-10(5-9)7-16-8-11-6-12(14)13(15)17-11/h6,9-10,16H,2-5,7-8H2,1H3. The fraction of sp³-hybridized carbons (Fsp3) is 0.692. The van der Waals surface area contributed by atoms with Crippen LogP contribution in [0.3, 0.4) is 0 Å². The second kappa shape index (κ2) is 6.39. The van der Waals surface area contributed by atoms with Gasteiger partial charge in [-0.3, -0.25) is 0 Å². The number of hydrogen-bond acceptors (Lipinski definition) is 2. The van der Waals surface area contributed by atoms with E-state index < -0.39 is 0 Å². The van der Waals surface area contributed by atoms with Crippen LogP contribution >= 0.6 is 31.9 Å². The summed E-state index contributed by atoms with van der Waals surface area (Å²) < 4.78 is 7.30. The molecule has 1 aromatic heterocycles. The number of rotatable bonds is 4. The first-order valence-electron chi connectivity index (χ1n) is 6.29. The molecule has 1 saturated carbocycles. The Morgan fingerprint density at radius 2 is 2.24 bits per heavy atom. The van der Waals surface area contributed by atoms with Gasteiger partial charge in [-0.2, -0.15) is 0 Å². The Kier molecular flexibility index (Phi) is 5.12. The Morgan fingerprint density at radius 3 is 2.88 bits per heavy atom. The highest BCUT2D eigenvalue weighted by Crippen LogP contribution is 2.29. The molecule has 2 atom stereocenters. The second-order valence-electron chi connectivity index (χ2n) is 5.10. The zero-order chi connectivity index (χ0) is 12.3. The molecule has 2 rings (SSSR count). The lowest BCUT2D eigenvalue weighted by Gasteiger charge is -2.26. The molecule has 1 aliphatic rings. The van der Waals surface area contributed by atoms with Crippen molar-refractivity contribution in [3.05, 3.63) is 21.0 Å². The lowest BCUT2D eigenvalue weighted by molar-refractivity contribution is 0.272. The number of hydrogen-bond donors (Lipinski definition) is 1. The monoisotopic (exact) mass is 363 g/mol. The summed E-state index contributed by atoms with van der Waals surface area (Å²) in [7, 11) is 0. The van der Waals surface area contributed by atoms with Gasteiger partial charge in [0.05, 0.1) is 11.0 Å². The second-order valence-corrected chi connectivity index (χ2v) is 6.68. The summed E-state index contributed by atoms with van der Waals surface area (Å²) in [5.74, 6) is 2.73. The molecule has 17 heavy (non-hydrogen) atoms. The predicted octanol–water partition coefficient (Wildman–Crippen LogP) is 4.72. The average molecular weight is 365 g/mol. The third-order valence-electron chi connectivity index (χ3n) is 3.47. The van der Waals surface area contributed by atoms with E-state index in [9.17, 15) is 0 Å². The normalized spacial score (nSPS) is 25.1. The molecule has 96 valence electrons. The number of furan rings is 1. The minimum Gasteiger partial charge on any atom is -0.452 e. The van der Waals surface area contributed by atoms with Crippen LogP contribution in [0.2, 0.25) is 0 Å². The summed E-state index contributed by atoms with van der Waals surface area (Å²) in [6.07, 6.45) is 5.56. The van der Waals surface area contributed by atoms with Crippen molar-refractivity contribution in [2.75, 3.05) is 6.54 Å². The predicted molar refractivity (Wildman–Crippen MR) is 76.9 cm³/mol. The van der Waals surface area contributed by atoms with Crippen molar-refractivity contribution in [2.45, 2.75) is 39.2 Å². The maximum absolute atomic E-state index is 5.53. The molecular weight excluding hydrogens is 346 g/mol. The zero-order valence-electron chi connectivity index (χ0n) is 10.1. The molecule has 1 fully saturated rings. The van der Waals surface area contributed by atoms with E-state index in [0.29, 0.717) is 0 Å². The van der Waals surface area contributed by atoms with E-state index in [1.807, 2.05) is 6.07 Å². The van der Waals surface area contributed by atoms with Crippen molar-refractivity contribution in [3.63, 3.8) is 0 Å². The topological polar surface area (TPSA) is 25.2 Å². The van der Waals surface area contributed by atoms with Gasteiger partial charge in [-0.05, 0) is 69.1 Å². The highest BCUT2D eigenvalue weighted by atomic mass is 79.9. The van der Waals surface area contributed by atoms with E-state index in [-0.39, 0.29) is 0 Å². The highest BCUT2D eigenvalue weighted by molar-refractivity contribution is 9.13. The van der Waals surface area contributed by atoms with E-state index >= 15 is 0 Å². The molecule has 1 heterocycles. The number of halogens is 2. The average Bonchev–Trinajstić information content (AvgIpc) is 2.58. The van der Waals surface area contributed by atoms with Gasteiger partial charge in [0.25, 0.3) is 0 Å². The van der Waals surface area contributed by atoms with Crippen LogP contribution in [-0.4, -0.2) is 6.54 Å². The number of nitrogens with one attached hydrogen (secondary N) is 1. The molecule has 1 aliphatic carbocycles. The van der Waals surface area contributed by atoms with Gasteiger partial charge in [-0.25, -0.2) is 0 Å². The van der Waals surface area contributed by atoms with Gasteiger partial charge in [0, 0.05) is 0 Å². The van der Waals surface area contributed by atoms with Crippen molar-refractivity contribution < 1.29 is 4.42 Å². The van der Waals surface area contributed by atoms with Crippen LogP contribution in [-0.2, 0) is 6.54 Å². The van der Waals surface area contributed by atoms with Crippen molar-refractivity contribution in [1.82, 2.24) is 5.32 Å². The Hall–Kier alpha value is 0.200. The summed E-state index contributed by atoms with van der Waals surface area (Å²) in [4.78, 5) is 0. The Morgan fingerprint density at radius 1 is 1.41 bits per heavy atom. The maximum atomic E-state index is 5.53. The third kappa shape index (κ3) is 4.11. The van der Waals surface area contributed by atoms with Crippen LogP contribution in [0.5, 0.6) is 0 Å². The molecule has 1 N–H and O–H groups in total. The minimum atomic E-state index is 0.778. The van der Waals surface area contributed by atoms with Crippen LogP contribution in [0.15, 0.2) is 19.6 Å². The molecule has 0 bridgehead atoms. The molecule has 2 nitrogen and oxygen atoms in total. The van der Waals surface area contributed by atoms with Crippen LogP contribution in [0, 0.1) is 11.8 Å². The van der Waals surface area contributed by atoms with Crippen molar-refractivity contribution >= 4 is 31.9 Å². The van der Waals surface area contributed by atoms with Gasteiger partial charge in [0.15, 0.2) is 4.67 Å². The molecule has 1 aromatic rings. The molecular formula is C13H19Br2NO. The van der Waals surface area contributed by atoms with Gasteiger partial charge in [-0.15, -0.1) is 0 Å². The van der Waals surface area contributed by atoms with Gasteiger partial charge < -0.3 is 9.73 Å². The van der Waals surface area contributed by atoms with E-state index in [4.69, 9.17) is 4.42 Å². The van der Waals surface area contributed by atoms with Crippen LogP contribution in [0.4, 0.5) is 0 Å². The van der Waals surface area contributed by atoms with Gasteiger partial charge in [-0.1, -0.05) is 19.8 Å². The first-order chi connectivity index (χ1) is 8.15. The Labute approximate surface area is 120 Å². The largest absolute Gasteiger partial charge is 0.452 e. The quantitative estimate of drug-likeness (QED) is 0.836. The van der Waals surface area contributed by atoms with Crippen LogP contribution in [0.25, 0.3) is 0 Å². The van der Waals surface area contributed by atoms with E-state index in [2.05, 4.69) is 44.1 Å². The van der Waals surface area contributed by atoms with E-state index in [0.717, 1.165) is 39.8 Å². The smallest absolute Gasteiger partial charge is 0.183 e. The van der Waals surface area contributed by atoms with E-state index in [1.165, 1.54) is 25.7 Å². The van der Waals surface area contributed by atoms with Crippen molar-refractivity contribution in [1.29, 1.82) is 0 Å². The van der Waals surface area contributed by atoms with Gasteiger partial charge in [0.1, 0.15) is 5.76 Å². The fourth-order valence-corrected chi connectivity index (χ4v) is 3.28. The molecule has 0 aromatic carbocycles. The lowest BCUT2D eigenvalue weighted by Crippen LogP contribution is -2.26. The molecule has 2 unspecified atom stereocenters. The summed E-state index contributed by atoms with van der Waals surface area (Å²) in [6, 6.07) is 2.01. The van der Waals surface area contributed by atoms with Crippen LogP contribution < -0.4 is 5.32 Å². The van der Waals surface area contributed by atoms with Crippen molar-refractivity contribution in [3.8, 4) is 0 Å². The maximum Gasteiger partial charge on any atom is 0.183 e. The van der Waals surface area contributed by atoms with Gasteiger partial charge in [0.2, 0.25) is 0 Å². The zero-order valence-corrected chi connectivity index (χ0v) is 13.3. The summed E-state index contributed by atoms with van der Waals surface area (Å²) >= 11 is 6.78. The summed E-state index contributed by atoms with van der Waals surface area (Å²) in [6.45, 7) is 4.29. The third-order valence-corrected chi connectivity index (χ3v) is 5.18. The molecule has 4 heteroatoms. The van der Waals surface area contributed by atoms with Crippen molar-refractivity contribution in [2.24, 2.45) is 11.8 Å². The van der Waals surface area contributed by atoms with Crippen LogP contribution in [0.1, 0.15) is 38.4 Å². The Balaban J connectivity index is 1.72. The first kappa shape index (κ1) is 13.6. The summed E-state index contributed by atoms with van der Waals surface area (Å²) in [5.41, 5.74) is 0. The SMILES string of the molecule is CC1CCCC(CNCc2cc(Br)c(Br)o2)C1. The molecule has 0 amide bonds. The highest BCUT2D eigenvalue weighted by Gasteiger charge is 2.18. The lowest BCUT2D eigenvalue weighted by atomic mass is 9.82. The Bertz CT molecular complexity index is 345.